The molecule has 0 spiro atoms. The largest absolute Gasteiger partial charge is 0.454 e. The van der Waals surface area contributed by atoms with Crippen LogP contribution in [0, 0.1) is 5.92 Å². The number of carbonyl (C=O) groups is 1. The van der Waals surface area contributed by atoms with Crippen LogP contribution in [0.3, 0.4) is 0 Å². The number of hydrogen-bond acceptors (Lipinski definition) is 11. The minimum atomic E-state index is -1.38. The Hall–Kier alpha value is -1.83. The summed E-state index contributed by atoms with van der Waals surface area (Å²) >= 11 is 0. The SMILES string of the molecule is CONC1[C@H](C=O)Cc2cc3c(cc2[C@H]1OC1OC2COC(C)OC2C(O)C1O)OCO3. The molecular weight excluding hydrogens is 426 g/mol. The summed E-state index contributed by atoms with van der Waals surface area (Å²) in [5, 5.41) is 21.4. The summed E-state index contributed by atoms with van der Waals surface area (Å²) in [5.41, 5.74) is 4.45. The molecule has 3 heterocycles. The van der Waals surface area contributed by atoms with Crippen molar-refractivity contribution in [2.24, 2.45) is 5.92 Å². The highest BCUT2D eigenvalue weighted by atomic mass is 16.8. The molecule has 0 amide bonds. The van der Waals surface area contributed by atoms with Crippen LogP contribution in [0.25, 0.3) is 0 Å². The first-order chi connectivity index (χ1) is 15.5. The molecule has 5 rings (SSSR count). The molecular formula is C21H27NO10. The first-order valence-corrected chi connectivity index (χ1v) is 10.6. The predicted octanol–water partition coefficient (Wildman–Crippen LogP) is -0.428. The molecule has 3 N–H and O–H groups in total. The van der Waals surface area contributed by atoms with Crippen molar-refractivity contribution in [3.8, 4) is 11.5 Å². The van der Waals surface area contributed by atoms with E-state index in [1.54, 1.807) is 13.0 Å². The Bertz CT molecular complexity index is 850. The van der Waals surface area contributed by atoms with Crippen LogP contribution in [-0.2, 0) is 35.0 Å². The quantitative estimate of drug-likeness (QED) is 0.396. The predicted molar refractivity (Wildman–Crippen MR) is 105 cm³/mol. The summed E-state index contributed by atoms with van der Waals surface area (Å²) in [6, 6.07) is 3.06. The van der Waals surface area contributed by atoms with Gasteiger partial charge in [0.05, 0.1) is 19.8 Å². The maximum atomic E-state index is 11.9. The van der Waals surface area contributed by atoms with E-state index in [0.29, 0.717) is 17.9 Å². The molecule has 2 saturated heterocycles. The van der Waals surface area contributed by atoms with Crippen molar-refractivity contribution in [3.63, 3.8) is 0 Å². The Kier molecular flexibility index (Phi) is 6.07. The lowest BCUT2D eigenvalue weighted by molar-refractivity contribution is -0.364. The number of aliphatic hydroxyl groups is 2. The number of carbonyl (C=O) groups excluding carboxylic acids is 1. The molecule has 3 aliphatic heterocycles. The van der Waals surface area contributed by atoms with Gasteiger partial charge in [-0.2, -0.15) is 5.48 Å². The first kappa shape index (κ1) is 22.0. The third kappa shape index (κ3) is 3.78. The van der Waals surface area contributed by atoms with E-state index in [0.717, 1.165) is 17.4 Å². The van der Waals surface area contributed by atoms with Crippen LogP contribution in [0.1, 0.15) is 24.2 Å². The van der Waals surface area contributed by atoms with E-state index in [-0.39, 0.29) is 13.4 Å². The van der Waals surface area contributed by atoms with Gasteiger partial charge in [0.25, 0.3) is 0 Å². The van der Waals surface area contributed by atoms with Crippen LogP contribution in [0.2, 0.25) is 0 Å². The zero-order valence-electron chi connectivity index (χ0n) is 17.7. The van der Waals surface area contributed by atoms with Gasteiger partial charge in [-0.25, -0.2) is 0 Å². The van der Waals surface area contributed by atoms with Gasteiger partial charge in [0, 0.05) is 5.92 Å². The van der Waals surface area contributed by atoms with Gasteiger partial charge < -0.3 is 48.3 Å². The van der Waals surface area contributed by atoms with Gasteiger partial charge in [0.15, 0.2) is 24.1 Å². The molecule has 32 heavy (non-hydrogen) atoms. The number of hydroxylamine groups is 1. The lowest BCUT2D eigenvalue weighted by Crippen LogP contribution is -2.63. The smallest absolute Gasteiger partial charge is 0.231 e. The topological polar surface area (TPSA) is 134 Å². The maximum absolute atomic E-state index is 11.9. The number of nitrogens with one attached hydrogen (secondary N) is 1. The molecule has 7 unspecified atom stereocenters. The molecule has 0 bridgehead atoms. The summed E-state index contributed by atoms with van der Waals surface area (Å²) in [5.74, 6) is 0.683. The highest BCUT2D eigenvalue weighted by molar-refractivity contribution is 5.60. The van der Waals surface area contributed by atoms with Gasteiger partial charge in [-0.15, -0.1) is 0 Å². The summed E-state index contributed by atoms with van der Waals surface area (Å²) in [7, 11) is 1.45. The van der Waals surface area contributed by atoms with Crippen LogP contribution >= 0.6 is 0 Å². The number of aliphatic hydroxyl groups excluding tert-OH is 2. The Morgan fingerprint density at radius 3 is 2.69 bits per heavy atom. The van der Waals surface area contributed by atoms with Crippen LogP contribution in [-0.4, -0.2) is 80.0 Å². The molecule has 4 aliphatic rings. The lowest BCUT2D eigenvalue weighted by Gasteiger charge is -2.47. The van der Waals surface area contributed by atoms with Gasteiger partial charge in [0.2, 0.25) is 6.79 Å². The summed E-state index contributed by atoms with van der Waals surface area (Å²) in [6.07, 6.45) is -5.15. The zero-order valence-corrected chi connectivity index (χ0v) is 17.7. The van der Waals surface area contributed by atoms with Gasteiger partial charge >= 0.3 is 0 Å². The van der Waals surface area contributed by atoms with Crippen LogP contribution in [0.5, 0.6) is 11.5 Å². The molecule has 0 saturated carbocycles. The number of ether oxygens (including phenoxy) is 6. The van der Waals surface area contributed by atoms with Gasteiger partial charge in [-0.05, 0) is 36.6 Å². The number of aldehydes is 1. The number of benzene rings is 1. The fourth-order valence-corrected chi connectivity index (χ4v) is 4.77. The molecule has 0 radical (unpaired) electrons. The molecule has 176 valence electrons. The standard InChI is InChI=1S/C21H27NO10/c1-9-27-7-15-20(30-9)17(24)18(25)21(31-15)32-19-12-5-14-13(28-8-29-14)4-10(12)3-11(6-23)16(19)22-26-2/h4-6,9,11,15-22,24-25H,3,7-8H2,1-2H3/t9?,11-,15?,16?,17?,18?,19+,20?,21?/m0/s1. The maximum Gasteiger partial charge on any atom is 0.231 e. The molecule has 9 atom stereocenters. The van der Waals surface area contributed by atoms with E-state index in [9.17, 15) is 15.0 Å². The fraction of sp³-hybridized carbons (Fsp3) is 0.667. The van der Waals surface area contributed by atoms with Crippen molar-refractivity contribution in [1.82, 2.24) is 5.48 Å². The average Bonchev–Trinajstić information content (AvgIpc) is 3.25. The summed E-state index contributed by atoms with van der Waals surface area (Å²) in [6.45, 7) is 2.01. The van der Waals surface area contributed by atoms with Crippen LogP contribution in [0.15, 0.2) is 12.1 Å². The summed E-state index contributed by atoms with van der Waals surface area (Å²) < 4.78 is 34.2. The van der Waals surface area contributed by atoms with Gasteiger partial charge in [-0.3, -0.25) is 0 Å². The van der Waals surface area contributed by atoms with Crippen LogP contribution in [0.4, 0.5) is 0 Å². The van der Waals surface area contributed by atoms with Crippen molar-refractivity contribution in [2.75, 3.05) is 20.5 Å². The molecule has 1 aromatic rings. The second-order valence-corrected chi connectivity index (χ2v) is 8.34. The Balaban J connectivity index is 1.46. The number of rotatable bonds is 5. The fourth-order valence-electron chi connectivity index (χ4n) is 4.77. The van der Waals surface area contributed by atoms with E-state index in [1.165, 1.54) is 7.11 Å². The highest BCUT2D eigenvalue weighted by Crippen LogP contribution is 2.44. The van der Waals surface area contributed by atoms with Crippen molar-refractivity contribution in [1.29, 1.82) is 0 Å². The molecule has 1 aromatic carbocycles. The van der Waals surface area contributed by atoms with E-state index in [2.05, 4.69) is 5.48 Å². The first-order valence-electron chi connectivity index (χ1n) is 10.6. The lowest BCUT2D eigenvalue weighted by atomic mass is 9.78. The molecule has 0 aromatic heterocycles. The van der Waals surface area contributed by atoms with E-state index in [4.69, 9.17) is 33.3 Å². The molecule has 11 nitrogen and oxygen atoms in total. The molecule has 11 heteroatoms. The molecule has 1 aliphatic carbocycles. The second kappa shape index (κ2) is 8.84. The Morgan fingerprint density at radius 2 is 1.94 bits per heavy atom. The monoisotopic (exact) mass is 453 g/mol. The minimum Gasteiger partial charge on any atom is -0.454 e. The second-order valence-electron chi connectivity index (χ2n) is 8.34. The van der Waals surface area contributed by atoms with Gasteiger partial charge in [0.1, 0.15) is 36.8 Å². The normalized spacial score (nSPS) is 40.4. The van der Waals surface area contributed by atoms with Crippen LogP contribution < -0.4 is 15.0 Å². The van der Waals surface area contributed by atoms with E-state index >= 15 is 0 Å². The van der Waals surface area contributed by atoms with E-state index < -0.39 is 55.1 Å². The Labute approximate surface area is 184 Å². The van der Waals surface area contributed by atoms with E-state index in [1.807, 2.05) is 6.07 Å². The Morgan fingerprint density at radius 1 is 1.16 bits per heavy atom. The van der Waals surface area contributed by atoms with Crippen molar-refractivity contribution in [2.45, 2.75) is 62.5 Å². The third-order valence-electron chi connectivity index (χ3n) is 6.38. The molecule has 2 fully saturated rings. The summed E-state index contributed by atoms with van der Waals surface area (Å²) in [4.78, 5) is 17.0. The van der Waals surface area contributed by atoms with Gasteiger partial charge in [-0.1, -0.05) is 0 Å². The third-order valence-corrected chi connectivity index (χ3v) is 6.38. The number of hydrogen-bond donors (Lipinski definition) is 3. The van der Waals surface area contributed by atoms with Crippen molar-refractivity contribution < 1.29 is 48.3 Å². The average molecular weight is 453 g/mol. The van der Waals surface area contributed by atoms with Crippen molar-refractivity contribution in [3.05, 3.63) is 23.3 Å². The highest BCUT2D eigenvalue weighted by Gasteiger charge is 2.50. The minimum absolute atomic E-state index is 0.110. The van der Waals surface area contributed by atoms with Crippen molar-refractivity contribution >= 4 is 6.29 Å². The number of fused-ring (bicyclic) bond motifs is 3. The zero-order chi connectivity index (χ0) is 22.4.